The van der Waals surface area contributed by atoms with Gasteiger partial charge in [0.2, 0.25) is 0 Å². The van der Waals surface area contributed by atoms with Crippen molar-refractivity contribution >= 4 is 11.6 Å². The van der Waals surface area contributed by atoms with Gasteiger partial charge in [0.15, 0.2) is 0 Å². The molecule has 2 atom stereocenters. The first-order chi connectivity index (χ1) is 9.52. The van der Waals surface area contributed by atoms with Crippen molar-refractivity contribution in [2.24, 2.45) is 11.8 Å². The van der Waals surface area contributed by atoms with Gasteiger partial charge in [-0.2, -0.15) is 0 Å². The number of halogens is 1. The molecule has 1 heterocycles. The predicted molar refractivity (Wildman–Crippen MR) is 85.8 cm³/mol. The molecule has 2 unspecified atom stereocenters. The minimum atomic E-state index is 0.465. The second-order valence-corrected chi connectivity index (χ2v) is 6.56. The summed E-state index contributed by atoms with van der Waals surface area (Å²) in [5.41, 5.74) is 2.52. The molecule has 0 saturated heterocycles. The van der Waals surface area contributed by atoms with Crippen LogP contribution in [0.5, 0.6) is 5.75 Å². The first kappa shape index (κ1) is 15.7. The third kappa shape index (κ3) is 3.48. The minimum absolute atomic E-state index is 0.465. The number of rotatable bonds is 6. The molecule has 0 bridgehead atoms. The molecule has 0 aliphatic carbocycles. The average Bonchev–Trinajstić information content (AvgIpc) is 2.85. The van der Waals surface area contributed by atoms with Crippen molar-refractivity contribution in [2.75, 3.05) is 13.2 Å². The second kappa shape index (κ2) is 6.82. The Kier molecular flexibility index (Phi) is 5.34. The van der Waals surface area contributed by atoms with Crippen molar-refractivity contribution < 1.29 is 4.74 Å². The fourth-order valence-electron chi connectivity index (χ4n) is 2.91. The maximum absolute atomic E-state index is 6.26. The zero-order chi connectivity index (χ0) is 14.7. The first-order valence-corrected chi connectivity index (χ1v) is 8.08. The summed E-state index contributed by atoms with van der Waals surface area (Å²) in [6.45, 7) is 10.8. The molecule has 20 heavy (non-hydrogen) atoms. The van der Waals surface area contributed by atoms with Crippen LogP contribution in [-0.4, -0.2) is 19.2 Å². The molecule has 2 rings (SSSR count). The van der Waals surface area contributed by atoms with Crippen LogP contribution in [0.25, 0.3) is 0 Å². The van der Waals surface area contributed by atoms with E-state index in [0.717, 1.165) is 36.8 Å². The van der Waals surface area contributed by atoms with Crippen LogP contribution >= 0.6 is 11.6 Å². The fourth-order valence-corrected chi connectivity index (χ4v) is 3.17. The van der Waals surface area contributed by atoms with Gasteiger partial charge in [0.1, 0.15) is 5.75 Å². The highest BCUT2D eigenvalue weighted by molar-refractivity contribution is 6.30. The number of hydrogen-bond acceptors (Lipinski definition) is 2. The quantitative estimate of drug-likeness (QED) is 0.853. The molecule has 1 aliphatic rings. The van der Waals surface area contributed by atoms with Gasteiger partial charge in [-0.15, -0.1) is 0 Å². The third-order valence-corrected chi connectivity index (χ3v) is 4.64. The summed E-state index contributed by atoms with van der Waals surface area (Å²) in [4.78, 5) is 0. The Labute approximate surface area is 127 Å². The van der Waals surface area contributed by atoms with E-state index < -0.39 is 0 Å². The largest absolute Gasteiger partial charge is 0.493 e. The number of nitrogens with one attached hydrogen (secondary N) is 1. The number of ether oxygens (including phenoxy) is 1. The van der Waals surface area contributed by atoms with E-state index >= 15 is 0 Å². The summed E-state index contributed by atoms with van der Waals surface area (Å²) in [7, 11) is 0. The van der Waals surface area contributed by atoms with Crippen LogP contribution in [0.4, 0.5) is 0 Å². The number of benzene rings is 1. The van der Waals surface area contributed by atoms with Gasteiger partial charge in [-0.3, -0.25) is 0 Å². The lowest BCUT2D eigenvalue weighted by molar-refractivity contribution is 0.295. The zero-order valence-corrected chi connectivity index (χ0v) is 13.8. The van der Waals surface area contributed by atoms with Crippen LogP contribution in [-0.2, 0) is 12.8 Å². The summed E-state index contributed by atoms with van der Waals surface area (Å²) in [5, 5.41) is 4.45. The van der Waals surface area contributed by atoms with Crippen LogP contribution in [0.2, 0.25) is 5.02 Å². The van der Waals surface area contributed by atoms with Crippen LogP contribution in [0.15, 0.2) is 12.1 Å². The predicted octanol–water partition coefficient (Wildman–Crippen LogP) is 4.09. The molecule has 3 heteroatoms. The molecule has 0 saturated carbocycles. The number of likely N-dealkylation sites (N-methyl/N-ethyl adjacent to an activating group) is 1. The highest BCUT2D eigenvalue weighted by atomic mass is 35.5. The molecule has 1 aromatic carbocycles. The Morgan fingerprint density at radius 1 is 1.30 bits per heavy atom. The van der Waals surface area contributed by atoms with E-state index in [1.807, 2.05) is 6.07 Å². The van der Waals surface area contributed by atoms with E-state index in [-0.39, 0.29) is 0 Å². The SMILES string of the molecule is CCNC(Cc1cc(Cl)cc2c1OCC2)C(C)C(C)C. The minimum Gasteiger partial charge on any atom is -0.493 e. The van der Waals surface area contributed by atoms with Gasteiger partial charge >= 0.3 is 0 Å². The third-order valence-electron chi connectivity index (χ3n) is 4.42. The van der Waals surface area contributed by atoms with Gasteiger partial charge in [0.25, 0.3) is 0 Å². The van der Waals surface area contributed by atoms with Gasteiger partial charge in [-0.1, -0.05) is 39.3 Å². The Balaban J connectivity index is 2.22. The summed E-state index contributed by atoms with van der Waals surface area (Å²) in [5.74, 6) is 2.35. The Hall–Kier alpha value is -0.730. The molecule has 112 valence electrons. The van der Waals surface area contributed by atoms with Gasteiger partial charge in [-0.05, 0) is 48.1 Å². The molecule has 2 nitrogen and oxygen atoms in total. The van der Waals surface area contributed by atoms with Gasteiger partial charge in [0.05, 0.1) is 6.61 Å². The Morgan fingerprint density at radius 2 is 2.05 bits per heavy atom. The molecular formula is C17H26ClNO. The van der Waals surface area contributed by atoms with Crippen LogP contribution in [0, 0.1) is 11.8 Å². The molecular weight excluding hydrogens is 270 g/mol. The van der Waals surface area contributed by atoms with Gasteiger partial charge in [-0.25, -0.2) is 0 Å². The molecule has 0 aromatic heterocycles. The molecule has 0 amide bonds. The van der Waals surface area contributed by atoms with Crippen LogP contribution in [0.1, 0.15) is 38.8 Å². The van der Waals surface area contributed by atoms with Crippen molar-refractivity contribution in [2.45, 2.75) is 46.6 Å². The summed E-state index contributed by atoms with van der Waals surface area (Å²) < 4.78 is 5.82. The van der Waals surface area contributed by atoms with E-state index in [0.29, 0.717) is 17.9 Å². The van der Waals surface area contributed by atoms with Crippen molar-refractivity contribution in [3.05, 3.63) is 28.3 Å². The maximum Gasteiger partial charge on any atom is 0.125 e. The summed E-state index contributed by atoms with van der Waals surface area (Å²) >= 11 is 6.26. The van der Waals surface area contributed by atoms with E-state index in [9.17, 15) is 0 Å². The molecule has 1 N–H and O–H groups in total. The lowest BCUT2D eigenvalue weighted by Crippen LogP contribution is -2.39. The fraction of sp³-hybridized carbons (Fsp3) is 0.647. The molecule has 0 spiro atoms. The van der Waals surface area contributed by atoms with Crippen LogP contribution < -0.4 is 10.1 Å². The summed E-state index contributed by atoms with van der Waals surface area (Å²) in [6.07, 6.45) is 1.96. The standard InChI is InChI=1S/C17H26ClNO/c1-5-19-16(12(4)11(2)3)10-14-9-15(18)8-13-6-7-20-17(13)14/h8-9,11-12,16,19H,5-7,10H2,1-4H3. The maximum atomic E-state index is 6.26. The highest BCUT2D eigenvalue weighted by Gasteiger charge is 2.24. The monoisotopic (exact) mass is 295 g/mol. The smallest absolute Gasteiger partial charge is 0.125 e. The lowest BCUT2D eigenvalue weighted by atomic mass is 9.86. The van der Waals surface area contributed by atoms with E-state index in [1.165, 1.54) is 11.1 Å². The number of hydrogen-bond donors (Lipinski definition) is 1. The van der Waals surface area contributed by atoms with Crippen molar-refractivity contribution in [3.63, 3.8) is 0 Å². The second-order valence-electron chi connectivity index (χ2n) is 6.12. The topological polar surface area (TPSA) is 21.3 Å². The van der Waals surface area contributed by atoms with Gasteiger partial charge in [0, 0.05) is 17.5 Å². The Bertz CT molecular complexity index is 459. The van der Waals surface area contributed by atoms with Crippen molar-refractivity contribution in [3.8, 4) is 5.75 Å². The van der Waals surface area contributed by atoms with Crippen molar-refractivity contribution in [1.29, 1.82) is 0 Å². The first-order valence-electron chi connectivity index (χ1n) is 7.70. The Morgan fingerprint density at radius 3 is 2.70 bits per heavy atom. The molecule has 0 radical (unpaired) electrons. The van der Waals surface area contributed by atoms with E-state index in [4.69, 9.17) is 16.3 Å². The number of fused-ring (bicyclic) bond motifs is 1. The average molecular weight is 296 g/mol. The molecule has 1 aliphatic heterocycles. The molecule has 1 aromatic rings. The van der Waals surface area contributed by atoms with Gasteiger partial charge < -0.3 is 10.1 Å². The normalized spacial score (nSPS) is 16.9. The zero-order valence-electron chi connectivity index (χ0n) is 13.0. The van der Waals surface area contributed by atoms with E-state index in [2.05, 4.69) is 39.1 Å². The summed E-state index contributed by atoms with van der Waals surface area (Å²) in [6, 6.07) is 4.58. The molecule has 0 fully saturated rings. The highest BCUT2D eigenvalue weighted by Crippen LogP contribution is 2.34. The lowest BCUT2D eigenvalue weighted by Gasteiger charge is -2.28. The van der Waals surface area contributed by atoms with Crippen molar-refractivity contribution in [1.82, 2.24) is 5.32 Å². The van der Waals surface area contributed by atoms with E-state index in [1.54, 1.807) is 0 Å². The van der Waals surface area contributed by atoms with Crippen LogP contribution in [0.3, 0.4) is 0 Å².